The summed E-state index contributed by atoms with van der Waals surface area (Å²) in [5.41, 5.74) is 1.02. The van der Waals surface area contributed by atoms with Gasteiger partial charge in [-0.1, -0.05) is 18.2 Å². The summed E-state index contributed by atoms with van der Waals surface area (Å²) >= 11 is 0. The maximum Gasteiger partial charge on any atom is 0.244 e. The highest BCUT2D eigenvalue weighted by Gasteiger charge is 2.35. The Kier molecular flexibility index (Phi) is 6.43. The number of nitrogens with zero attached hydrogens (tertiary/aromatic N) is 4. The highest BCUT2D eigenvalue weighted by atomic mass is 16.2. The van der Waals surface area contributed by atoms with E-state index in [-0.39, 0.29) is 11.9 Å². The van der Waals surface area contributed by atoms with Crippen LogP contribution in [0.3, 0.4) is 0 Å². The molecule has 0 radical (unpaired) electrons. The molecule has 0 bridgehead atoms. The maximum atomic E-state index is 13.0. The molecule has 3 rings (SSSR count). The molecule has 5 heteroatoms. The smallest absolute Gasteiger partial charge is 0.244 e. The molecule has 0 spiro atoms. The maximum absolute atomic E-state index is 13.0. The first kappa shape index (κ1) is 17.9. The standard InChI is InChI=1S/C20H28N4O/c21-11-5-2-6-12-22-14-16-23(17-15-22)19-10-7-13-24(20(19)25)18-8-3-1-4-9-18/h1,3-4,8-9,19H,2,5-7,10,12-17H2. The zero-order chi connectivity index (χ0) is 17.5. The number of piperazine rings is 1. The summed E-state index contributed by atoms with van der Waals surface area (Å²) < 4.78 is 0. The van der Waals surface area contributed by atoms with Gasteiger partial charge >= 0.3 is 0 Å². The fourth-order valence-corrected chi connectivity index (χ4v) is 3.90. The van der Waals surface area contributed by atoms with Crippen LogP contribution in [0.25, 0.3) is 0 Å². The minimum atomic E-state index is 0.0368. The Balaban J connectivity index is 1.51. The first-order chi connectivity index (χ1) is 12.3. The van der Waals surface area contributed by atoms with Crippen LogP contribution in [0.5, 0.6) is 0 Å². The van der Waals surface area contributed by atoms with E-state index in [2.05, 4.69) is 15.9 Å². The first-order valence-electron chi connectivity index (χ1n) is 9.49. The van der Waals surface area contributed by atoms with Crippen molar-refractivity contribution in [3.05, 3.63) is 30.3 Å². The highest BCUT2D eigenvalue weighted by Crippen LogP contribution is 2.24. The van der Waals surface area contributed by atoms with Crippen LogP contribution >= 0.6 is 0 Å². The van der Waals surface area contributed by atoms with E-state index in [1.54, 1.807) is 0 Å². The van der Waals surface area contributed by atoms with E-state index in [0.717, 1.165) is 70.6 Å². The summed E-state index contributed by atoms with van der Waals surface area (Å²) in [6.07, 6.45) is 4.79. The average molecular weight is 340 g/mol. The third-order valence-corrected chi connectivity index (χ3v) is 5.34. The molecule has 1 amide bonds. The van der Waals surface area contributed by atoms with Crippen LogP contribution in [0, 0.1) is 11.3 Å². The molecule has 2 fully saturated rings. The van der Waals surface area contributed by atoms with E-state index >= 15 is 0 Å². The van der Waals surface area contributed by atoms with Crippen LogP contribution in [-0.2, 0) is 4.79 Å². The summed E-state index contributed by atoms with van der Waals surface area (Å²) in [4.78, 5) is 19.8. The molecule has 1 aromatic rings. The van der Waals surface area contributed by atoms with Crippen molar-refractivity contribution in [3.63, 3.8) is 0 Å². The molecule has 2 aliphatic rings. The molecule has 1 aromatic carbocycles. The van der Waals surface area contributed by atoms with Crippen molar-refractivity contribution < 1.29 is 4.79 Å². The van der Waals surface area contributed by atoms with Gasteiger partial charge in [0.1, 0.15) is 0 Å². The molecule has 1 unspecified atom stereocenters. The molecule has 5 nitrogen and oxygen atoms in total. The van der Waals surface area contributed by atoms with Crippen LogP contribution in [0.4, 0.5) is 5.69 Å². The lowest BCUT2D eigenvalue weighted by molar-refractivity contribution is -0.126. The van der Waals surface area contributed by atoms with Crippen molar-refractivity contribution in [2.24, 2.45) is 0 Å². The topological polar surface area (TPSA) is 50.6 Å². The number of anilines is 1. The van der Waals surface area contributed by atoms with Crippen LogP contribution in [-0.4, -0.2) is 61.0 Å². The number of hydrogen-bond acceptors (Lipinski definition) is 4. The van der Waals surface area contributed by atoms with Crippen molar-refractivity contribution >= 4 is 11.6 Å². The van der Waals surface area contributed by atoms with Gasteiger partial charge in [-0.3, -0.25) is 9.69 Å². The van der Waals surface area contributed by atoms with Crippen molar-refractivity contribution in [2.45, 2.75) is 38.1 Å². The van der Waals surface area contributed by atoms with Crippen LogP contribution in [0.15, 0.2) is 30.3 Å². The van der Waals surface area contributed by atoms with Crippen molar-refractivity contribution in [1.29, 1.82) is 5.26 Å². The number of carbonyl (C=O) groups excluding carboxylic acids is 1. The normalized spacial score (nSPS) is 22.8. The molecule has 2 heterocycles. The number of piperidine rings is 1. The van der Waals surface area contributed by atoms with E-state index in [4.69, 9.17) is 5.26 Å². The van der Waals surface area contributed by atoms with Gasteiger partial charge in [-0.2, -0.15) is 5.26 Å². The second-order valence-electron chi connectivity index (χ2n) is 6.98. The Hall–Kier alpha value is -1.90. The van der Waals surface area contributed by atoms with E-state index in [0.29, 0.717) is 6.42 Å². The predicted octanol–water partition coefficient (Wildman–Crippen LogP) is 2.49. The number of unbranched alkanes of at least 4 members (excludes halogenated alkanes) is 2. The van der Waals surface area contributed by atoms with Gasteiger partial charge in [0.15, 0.2) is 0 Å². The monoisotopic (exact) mass is 340 g/mol. The molecule has 0 N–H and O–H groups in total. The van der Waals surface area contributed by atoms with Gasteiger partial charge in [0.2, 0.25) is 5.91 Å². The fraction of sp³-hybridized carbons (Fsp3) is 0.600. The average Bonchev–Trinajstić information content (AvgIpc) is 2.67. The second-order valence-corrected chi connectivity index (χ2v) is 6.98. The number of amides is 1. The van der Waals surface area contributed by atoms with Gasteiger partial charge in [0, 0.05) is 44.8 Å². The number of benzene rings is 1. The summed E-state index contributed by atoms with van der Waals surface area (Å²) in [6, 6.07) is 12.3. The van der Waals surface area contributed by atoms with Gasteiger partial charge in [0.25, 0.3) is 0 Å². The first-order valence-corrected chi connectivity index (χ1v) is 9.49. The van der Waals surface area contributed by atoms with Gasteiger partial charge < -0.3 is 9.80 Å². The number of hydrogen-bond donors (Lipinski definition) is 0. The van der Waals surface area contributed by atoms with Gasteiger partial charge in [-0.25, -0.2) is 0 Å². The lowest BCUT2D eigenvalue weighted by atomic mass is 10.0. The molecule has 0 aliphatic carbocycles. The van der Waals surface area contributed by atoms with Gasteiger partial charge in [-0.05, 0) is 44.4 Å². The molecule has 2 aliphatic heterocycles. The molecule has 0 saturated carbocycles. The number of nitriles is 1. The number of carbonyl (C=O) groups is 1. The molecule has 25 heavy (non-hydrogen) atoms. The van der Waals surface area contributed by atoms with E-state index in [9.17, 15) is 4.79 Å². The summed E-state index contributed by atoms with van der Waals surface area (Å²) in [5.74, 6) is 0.264. The van der Waals surface area contributed by atoms with E-state index < -0.39 is 0 Å². The zero-order valence-corrected chi connectivity index (χ0v) is 14.9. The van der Waals surface area contributed by atoms with E-state index in [1.807, 2.05) is 35.2 Å². The molecule has 134 valence electrons. The molecule has 0 aromatic heterocycles. The molecule has 1 atom stereocenters. The SMILES string of the molecule is N#CCCCCN1CCN(C2CCCN(c3ccccc3)C2=O)CC1. The summed E-state index contributed by atoms with van der Waals surface area (Å²) in [6.45, 7) is 5.90. The Labute approximate surface area is 150 Å². The number of rotatable bonds is 6. The predicted molar refractivity (Wildman–Crippen MR) is 99.3 cm³/mol. The second kappa shape index (κ2) is 8.98. The molecular formula is C20H28N4O. The summed E-state index contributed by atoms with van der Waals surface area (Å²) in [5, 5.41) is 8.60. The van der Waals surface area contributed by atoms with Gasteiger partial charge in [-0.15, -0.1) is 0 Å². The Bertz CT molecular complexity index is 589. The quantitative estimate of drug-likeness (QED) is 0.747. The van der Waals surface area contributed by atoms with Crippen molar-refractivity contribution in [1.82, 2.24) is 9.80 Å². The third-order valence-electron chi connectivity index (χ3n) is 5.34. The van der Waals surface area contributed by atoms with E-state index in [1.165, 1.54) is 0 Å². The van der Waals surface area contributed by atoms with Crippen LogP contribution in [0.1, 0.15) is 32.1 Å². The number of para-hydroxylation sites is 1. The van der Waals surface area contributed by atoms with Crippen LogP contribution < -0.4 is 4.90 Å². The van der Waals surface area contributed by atoms with Gasteiger partial charge in [0.05, 0.1) is 12.1 Å². The molecule has 2 saturated heterocycles. The minimum absolute atomic E-state index is 0.0368. The fourth-order valence-electron chi connectivity index (χ4n) is 3.90. The minimum Gasteiger partial charge on any atom is -0.311 e. The Morgan fingerprint density at radius 2 is 1.80 bits per heavy atom. The zero-order valence-electron chi connectivity index (χ0n) is 14.9. The van der Waals surface area contributed by atoms with Crippen molar-refractivity contribution in [2.75, 3.05) is 44.2 Å². The lowest BCUT2D eigenvalue weighted by Gasteiger charge is -2.42. The third kappa shape index (κ3) is 4.59. The lowest BCUT2D eigenvalue weighted by Crippen LogP contribution is -2.57. The highest BCUT2D eigenvalue weighted by molar-refractivity contribution is 5.97. The largest absolute Gasteiger partial charge is 0.311 e. The summed E-state index contributed by atoms with van der Waals surface area (Å²) in [7, 11) is 0. The van der Waals surface area contributed by atoms with Crippen molar-refractivity contribution in [3.8, 4) is 6.07 Å². The molecular weight excluding hydrogens is 312 g/mol. The Morgan fingerprint density at radius 1 is 1.04 bits per heavy atom. The van der Waals surface area contributed by atoms with Crippen LogP contribution in [0.2, 0.25) is 0 Å². The Morgan fingerprint density at radius 3 is 2.52 bits per heavy atom.